The molecule has 0 unspecified atom stereocenters. The molecule has 0 saturated heterocycles. The van der Waals surface area contributed by atoms with E-state index < -0.39 is 9.84 Å². The van der Waals surface area contributed by atoms with Gasteiger partial charge in [-0.05, 0) is 43.9 Å². The molecule has 0 aromatic heterocycles. The van der Waals surface area contributed by atoms with Gasteiger partial charge >= 0.3 is 0 Å². The van der Waals surface area contributed by atoms with Crippen LogP contribution in [0.2, 0.25) is 0 Å². The van der Waals surface area contributed by atoms with Crippen LogP contribution in [0, 0.1) is 0 Å². The van der Waals surface area contributed by atoms with Gasteiger partial charge in [0.15, 0.2) is 9.84 Å². The first-order valence-electron chi connectivity index (χ1n) is 7.15. The number of nitrogens with zero attached hydrogens (tertiary/aromatic N) is 1. The van der Waals surface area contributed by atoms with Gasteiger partial charge in [0.2, 0.25) is 0 Å². The van der Waals surface area contributed by atoms with E-state index in [1.165, 1.54) is 12.1 Å². The Labute approximate surface area is 125 Å². The fourth-order valence-corrected chi connectivity index (χ4v) is 3.08. The molecule has 0 atom stereocenters. The Bertz CT molecular complexity index is 608. The molecule has 1 aliphatic rings. The van der Waals surface area contributed by atoms with Crippen LogP contribution in [0.1, 0.15) is 36.0 Å². The average Bonchev–Trinajstić information content (AvgIpc) is 2.39. The summed E-state index contributed by atoms with van der Waals surface area (Å²) in [5, 5.41) is 8.97. The molecule has 5 nitrogen and oxygen atoms in total. The smallest absolute Gasteiger partial charge is 0.254 e. The highest BCUT2D eigenvalue weighted by molar-refractivity contribution is 7.90. The summed E-state index contributed by atoms with van der Waals surface area (Å²) in [5.41, 5.74) is 0.391. The molecule has 116 valence electrons. The fraction of sp³-hybridized carbons (Fsp3) is 0.533. The maximum atomic E-state index is 12.6. The van der Waals surface area contributed by atoms with E-state index in [0.717, 1.165) is 25.5 Å². The Hall–Kier alpha value is -1.40. The lowest BCUT2D eigenvalue weighted by molar-refractivity contribution is 0.0562. The molecule has 1 N–H and O–H groups in total. The average molecular weight is 311 g/mol. The predicted octanol–water partition coefficient (Wildman–Crippen LogP) is 1.47. The van der Waals surface area contributed by atoms with Crippen LogP contribution in [-0.4, -0.2) is 49.8 Å². The van der Waals surface area contributed by atoms with E-state index in [4.69, 9.17) is 5.11 Å². The highest BCUT2D eigenvalue weighted by Gasteiger charge is 2.29. The van der Waals surface area contributed by atoms with E-state index >= 15 is 0 Å². The van der Waals surface area contributed by atoms with Gasteiger partial charge in [-0.25, -0.2) is 8.42 Å². The fourth-order valence-electron chi connectivity index (χ4n) is 2.41. The molecule has 6 heteroatoms. The Kier molecular flexibility index (Phi) is 5.00. The SMILES string of the molecule is CS(=O)(=O)c1cccc(C(=O)N(CCCO)C2CCC2)c1. The van der Waals surface area contributed by atoms with E-state index in [9.17, 15) is 13.2 Å². The number of carbonyl (C=O) groups is 1. The Balaban J connectivity index is 2.23. The Morgan fingerprint density at radius 2 is 2.10 bits per heavy atom. The van der Waals surface area contributed by atoms with Gasteiger partial charge in [-0.3, -0.25) is 4.79 Å². The van der Waals surface area contributed by atoms with Crippen LogP contribution < -0.4 is 0 Å². The molecular formula is C15H21NO4S. The second-order valence-electron chi connectivity index (χ2n) is 5.46. The van der Waals surface area contributed by atoms with Crippen molar-refractivity contribution < 1.29 is 18.3 Å². The zero-order chi connectivity index (χ0) is 15.5. The van der Waals surface area contributed by atoms with E-state index in [1.807, 2.05) is 0 Å². The van der Waals surface area contributed by atoms with E-state index in [-0.39, 0.29) is 23.5 Å². The number of benzene rings is 1. The normalized spacial score (nSPS) is 15.5. The highest BCUT2D eigenvalue weighted by Crippen LogP contribution is 2.26. The molecule has 0 heterocycles. The quantitative estimate of drug-likeness (QED) is 0.863. The number of hydrogen-bond donors (Lipinski definition) is 1. The van der Waals surface area contributed by atoms with Gasteiger partial charge in [-0.2, -0.15) is 0 Å². The van der Waals surface area contributed by atoms with Gasteiger partial charge in [-0.1, -0.05) is 6.07 Å². The summed E-state index contributed by atoms with van der Waals surface area (Å²) >= 11 is 0. The third-order valence-electron chi connectivity index (χ3n) is 3.84. The Morgan fingerprint density at radius 1 is 1.38 bits per heavy atom. The van der Waals surface area contributed by atoms with Gasteiger partial charge in [0.1, 0.15) is 0 Å². The Morgan fingerprint density at radius 3 is 2.62 bits per heavy atom. The molecule has 1 saturated carbocycles. The van der Waals surface area contributed by atoms with Crippen molar-refractivity contribution in [2.75, 3.05) is 19.4 Å². The predicted molar refractivity (Wildman–Crippen MR) is 79.9 cm³/mol. The van der Waals surface area contributed by atoms with Crippen molar-refractivity contribution in [3.8, 4) is 0 Å². The lowest BCUT2D eigenvalue weighted by atomic mass is 9.90. The van der Waals surface area contributed by atoms with E-state index in [0.29, 0.717) is 18.5 Å². The number of amides is 1. The number of hydrogen-bond acceptors (Lipinski definition) is 4. The molecule has 1 amide bonds. The minimum atomic E-state index is -3.32. The summed E-state index contributed by atoms with van der Waals surface area (Å²) in [7, 11) is -3.32. The van der Waals surface area contributed by atoms with E-state index in [2.05, 4.69) is 0 Å². The molecule has 0 radical (unpaired) electrons. The van der Waals surface area contributed by atoms with Crippen molar-refractivity contribution in [2.24, 2.45) is 0 Å². The standard InChI is InChI=1S/C15H21NO4S/c1-21(19,20)14-8-2-5-12(11-14)15(18)16(9-4-10-17)13-6-3-7-13/h2,5,8,11,13,17H,3-4,6-7,9-10H2,1H3. The number of aliphatic hydroxyl groups excluding tert-OH is 1. The van der Waals surface area contributed by atoms with Crippen LogP contribution in [0.3, 0.4) is 0 Å². The summed E-state index contributed by atoms with van der Waals surface area (Å²) in [6, 6.07) is 6.37. The first-order valence-corrected chi connectivity index (χ1v) is 9.04. The van der Waals surface area contributed by atoms with Gasteiger partial charge in [0, 0.05) is 31.0 Å². The topological polar surface area (TPSA) is 74.7 Å². The number of rotatable bonds is 6. The van der Waals surface area contributed by atoms with Crippen LogP contribution in [0.5, 0.6) is 0 Å². The van der Waals surface area contributed by atoms with Crippen LogP contribution in [0.4, 0.5) is 0 Å². The summed E-state index contributed by atoms with van der Waals surface area (Å²) in [5.74, 6) is -0.154. The molecule has 2 rings (SSSR count). The van der Waals surface area contributed by atoms with Crippen LogP contribution in [-0.2, 0) is 9.84 Å². The van der Waals surface area contributed by atoms with Gasteiger partial charge < -0.3 is 10.0 Å². The van der Waals surface area contributed by atoms with Gasteiger partial charge in [0.25, 0.3) is 5.91 Å². The first kappa shape index (κ1) is 16.0. The monoisotopic (exact) mass is 311 g/mol. The highest BCUT2D eigenvalue weighted by atomic mass is 32.2. The van der Waals surface area contributed by atoms with Crippen LogP contribution in [0.15, 0.2) is 29.2 Å². The second kappa shape index (κ2) is 6.58. The lowest BCUT2D eigenvalue weighted by Crippen LogP contribution is -2.45. The number of carbonyl (C=O) groups excluding carboxylic acids is 1. The molecule has 0 spiro atoms. The van der Waals surface area contributed by atoms with Crippen molar-refractivity contribution in [2.45, 2.75) is 36.6 Å². The number of sulfone groups is 1. The van der Waals surface area contributed by atoms with Crippen molar-refractivity contribution >= 4 is 15.7 Å². The molecule has 21 heavy (non-hydrogen) atoms. The molecule has 1 aromatic rings. The minimum absolute atomic E-state index is 0.0415. The third kappa shape index (κ3) is 3.83. The maximum Gasteiger partial charge on any atom is 0.254 e. The number of aliphatic hydroxyl groups is 1. The van der Waals surface area contributed by atoms with Gasteiger partial charge in [-0.15, -0.1) is 0 Å². The summed E-state index contributed by atoms with van der Waals surface area (Å²) < 4.78 is 23.2. The van der Waals surface area contributed by atoms with E-state index in [1.54, 1.807) is 17.0 Å². The molecule has 1 aromatic carbocycles. The first-order chi connectivity index (χ1) is 9.93. The second-order valence-corrected chi connectivity index (χ2v) is 7.48. The molecule has 1 fully saturated rings. The third-order valence-corrected chi connectivity index (χ3v) is 4.95. The summed E-state index contributed by atoms with van der Waals surface area (Å²) in [4.78, 5) is 14.5. The molecular weight excluding hydrogens is 290 g/mol. The zero-order valence-corrected chi connectivity index (χ0v) is 13.0. The summed E-state index contributed by atoms with van der Waals surface area (Å²) in [6.07, 6.45) is 4.73. The van der Waals surface area contributed by atoms with Crippen molar-refractivity contribution in [1.29, 1.82) is 0 Å². The lowest BCUT2D eigenvalue weighted by Gasteiger charge is -2.37. The van der Waals surface area contributed by atoms with Gasteiger partial charge in [0.05, 0.1) is 4.90 Å². The largest absolute Gasteiger partial charge is 0.396 e. The van der Waals surface area contributed by atoms with Crippen LogP contribution >= 0.6 is 0 Å². The molecule has 1 aliphatic carbocycles. The molecule has 0 aliphatic heterocycles. The van der Waals surface area contributed by atoms with Crippen molar-refractivity contribution in [3.05, 3.63) is 29.8 Å². The summed E-state index contributed by atoms with van der Waals surface area (Å²) in [6.45, 7) is 0.545. The zero-order valence-electron chi connectivity index (χ0n) is 12.2. The minimum Gasteiger partial charge on any atom is -0.396 e. The molecule has 0 bridgehead atoms. The van der Waals surface area contributed by atoms with Crippen LogP contribution in [0.25, 0.3) is 0 Å². The van der Waals surface area contributed by atoms with Crippen molar-refractivity contribution in [3.63, 3.8) is 0 Å². The maximum absolute atomic E-state index is 12.6. The van der Waals surface area contributed by atoms with Crippen molar-refractivity contribution in [1.82, 2.24) is 4.90 Å².